The van der Waals surface area contributed by atoms with Crippen LogP contribution < -0.4 is 5.32 Å². The van der Waals surface area contributed by atoms with Crippen LogP contribution in [0.15, 0.2) is 24.3 Å². The first-order valence-electron chi connectivity index (χ1n) is 6.81. The topological polar surface area (TPSA) is 38.3 Å². The van der Waals surface area contributed by atoms with Crippen molar-refractivity contribution in [1.82, 2.24) is 5.32 Å². The number of unbranched alkanes of at least 4 members (excludes halogenated alkanes) is 1. The van der Waals surface area contributed by atoms with Crippen molar-refractivity contribution in [2.24, 2.45) is 0 Å². The molecule has 0 atom stereocenters. The minimum absolute atomic E-state index is 0.0214. The molecule has 0 unspecified atom stereocenters. The van der Waals surface area contributed by atoms with Crippen LogP contribution in [0, 0.1) is 5.82 Å². The Morgan fingerprint density at radius 3 is 2.58 bits per heavy atom. The standard InChI is InChI=1S/C15H22FNO2/c1-2-3-10-19-11-4-9-17-12-15(18)13-5-7-14(16)8-6-13/h5-8,17H,2-4,9-12H2,1H3. The first-order chi connectivity index (χ1) is 9.24. The van der Waals surface area contributed by atoms with Crippen LogP contribution in [-0.4, -0.2) is 32.1 Å². The Labute approximate surface area is 114 Å². The van der Waals surface area contributed by atoms with E-state index >= 15 is 0 Å². The Morgan fingerprint density at radius 1 is 1.21 bits per heavy atom. The van der Waals surface area contributed by atoms with Crippen LogP contribution in [-0.2, 0) is 4.74 Å². The maximum Gasteiger partial charge on any atom is 0.176 e. The van der Waals surface area contributed by atoms with Gasteiger partial charge in [0.15, 0.2) is 5.78 Å². The number of halogens is 1. The number of hydrogen-bond donors (Lipinski definition) is 1. The molecule has 0 saturated carbocycles. The van der Waals surface area contributed by atoms with Gasteiger partial charge in [0, 0.05) is 18.8 Å². The second kappa shape index (κ2) is 9.64. The number of hydrogen-bond acceptors (Lipinski definition) is 3. The SMILES string of the molecule is CCCCOCCCNCC(=O)c1ccc(F)cc1. The number of ketones is 1. The summed E-state index contributed by atoms with van der Waals surface area (Å²) in [7, 11) is 0. The number of carbonyl (C=O) groups excluding carboxylic acids is 1. The summed E-state index contributed by atoms with van der Waals surface area (Å²) in [5, 5.41) is 3.07. The van der Waals surface area contributed by atoms with E-state index in [0.717, 1.165) is 39.0 Å². The van der Waals surface area contributed by atoms with E-state index in [9.17, 15) is 9.18 Å². The highest BCUT2D eigenvalue weighted by Gasteiger charge is 2.04. The summed E-state index contributed by atoms with van der Waals surface area (Å²) < 4.78 is 18.1. The first-order valence-corrected chi connectivity index (χ1v) is 6.81. The van der Waals surface area contributed by atoms with Gasteiger partial charge in [0.05, 0.1) is 6.54 Å². The van der Waals surface area contributed by atoms with Gasteiger partial charge in [-0.05, 0) is 43.7 Å². The third kappa shape index (κ3) is 7.03. The van der Waals surface area contributed by atoms with Crippen LogP contribution in [0.4, 0.5) is 4.39 Å². The van der Waals surface area contributed by atoms with Gasteiger partial charge in [0.25, 0.3) is 0 Å². The molecule has 0 aliphatic carbocycles. The molecule has 106 valence electrons. The average Bonchev–Trinajstić information content (AvgIpc) is 2.42. The molecule has 0 heterocycles. The monoisotopic (exact) mass is 267 g/mol. The Bertz CT molecular complexity index is 365. The van der Waals surface area contributed by atoms with Gasteiger partial charge in [-0.25, -0.2) is 4.39 Å². The quantitative estimate of drug-likeness (QED) is 0.523. The van der Waals surface area contributed by atoms with Gasteiger partial charge in [-0.3, -0.25) is 4.79 Å². The maximum absolute atomic E-state index is 12.7. The van der Waals surface area contributed by atoms with E-state index in [4.69, 9.17) is 4.74 Å². The lowest BCUT2D eigenvalue weighted by Gasteiger charge is -2.05. The van der Waals surface area contributed by atoms with Gasteiger partial charge in [-0.1, -0.05) is 13.3 Å². The Kier molecular flexibility index (Phi) is 8.02. The predicted molar refractivity (Wildman–Crippen MR) is 73.9 cm³/mol. The van der Waals surface area contributed by atoms with Crippen molar-refractivity contribution in [2.45, 2.75) is 26.2 Å². The van der Waals surface area contributed by atoms with Crippen molar-refractivity contribution in [1.29, 1.82) is 0 Å². The molecule has 0 saturated heterocycles. The lowest BCUT2D eigenvalue weighted by Crippen LogP contribution is -2.24. The summed E-state index contributed by atoms with van der Waals surface area (Å²) in [4.78, 5) is 11.7. The van der Waals surface area contributed by atoms with Crippen molar-refractivity contribution >= 4 is 5.78 Å². The van der Waals surface area contributed by atoms with E-state index in [-0.39, 0.29) is 18.1 Å². The summed E-state index contributed by atoms with van der Waals surface area (Å²) in [5.41, 5.74) is 0.535. The normalized spacial score (nSPS) is 10.6. The highest BCUT2D eigenvalue weighted by molar-refractivity contribution is 5.97. The van der Waals surface area contributed by atoms with Gasteiger partial charge in [0.2, 0.25) is 0 Å². The molecule has 0 aliphatic heterocycles. The lowest BCUT2D eigenvalue weighted by atomic mass is 10.1. The molecule has 1 N–H and O–H groups in total. The molecule has 0 bridgehead atoms. The zero-order chi connectivity index (χ0) is 13.9. The average molecular weight is 267 g/mol. The summed E-state index contributed by atoms with van der Waals surface area (Å²) >= 11 is 0. The minimum atomic E-state index is -0.325. The molecule has 0 aliphatic rings. The Balaban J connectivity index is 2.06. The molecule has 1 aromatic carbocycles. The van der Waals surface area contributed by atoms with Crippen molar-refractivity contribution in [3.8, 4) is 0 Å². The molecule has 19 heavy (non-hydrogen) atoms. The zero-order valence-electron chi connectivity index (χ0n) is 11.5. The zero-order valence-corrected chi connectivity index (χ0v) is 11.5. The number of nitrogens with one attached hydrogen (secondary N) is 1. The highest BCUT2D eigenvalue weighted by Crippen LogP contribution is 2.03. The van der Waals surface area contributed by atoms with E-state index in [2.05, 4.69) is 12.2 Å². The molecule has 4 heteroatoms. The number of benzene rings is 1. The van der Waals surface area contributed by atoms with E-state index in [1.807, 2.05) is 0 Å². The third-order valence-electron chi connectivity index (χ3n) is 2.74. The third-order valence-corrected chi connectivity index (χ3v) is 2.74. The van der Waals surface area contributed by atoms with Crippen LogP contribution in [0.3, 0.4) is 0 Å². The smallest absolute Gasteiger partial charge is 0.176 e. The minimum Gasteiger partial charge on any atom is -0.381 e. The molecule has 1 rings (SSSR count). The molecule has 0 amide bonds. The number of Topliss-reactive ketones (excluding diaryl/α,β-unsaturated/α-hetero) is 1. The van der Waals surface area contributed by atoms with Crippen LogP contribution in [0.25, 0.3) is 0 Å². The molecule has 3 nitrogen and oxygen atoms in total. The second-order valence-electron chi connectivity index (χ2n) is 4.43. The fourth-order valence-electron chi connectivity index (χ4n) is 1.59. The second-order valence-corrected chi connectivity index (χ2v) is 4.43. The van der Waals surface area contributed by atoms with Crippen LogP contribution in [0.1, 0.15) is 36.5 Å². The maximum atomic E-state index is 12.7. The largest absolute Gasteiger partial charge is 0.381 e. The van der Waals surface area contributed by atoms with Crippen LogP contribution >= 0.6 is 0 Å². The molecule has 0 radical (unpaired) electrons. The van der Waals surface area contributed by atoms with E-state index < -0.39 is 0 Å². The van der Waals surface area contributed by atoms with Gasteiger partial charge in [-0.2, -0.15) is 0 Å². The number of carbonyl (C=O) groups is 1. The summed E-state index contributed by atoms with van der Waals surface area (Å²) in [6.07, 6.45) is 3.13. The highest BCUT2D eigenvalue weighted by atomic mass is 19.1. The van der Waals surface area contributed by atoms with Crippen molar-refractivity contribution < 1.29 is 13.9 Å². The van der Waals surface area contributed by atoms with Gasteiger partial charge < -0.3 is 10.1 Å². The van der Waals surface area contributed by atoms with Gasteiger partial charge >= 0.3 is 0 Å². The van der Waals surface area contributed by atoms with E-state index in [0.29, 0.717) is 5.56 Å². The Hall–Kier alpha value is -1.26. The Morgan fingerprint density at radius 2 is 1.89 bits per heavy atom. The van der Waals surface area contributed by atoms with Crippen molar-refractivity contribution in [3.05, 3.63) is 35.6 Å². The molecular weight excluding hydrogens is 245 g/mol. The molecule has 0 aromatic heterocycles. The van der Waals surface area contributed by atoms with Crippen LogP contribution in [0.5, 0.6) is 0 Å². The van der Waals surface area contributed by atoms with Gasteiger partial charge in [0.1, 0.15) is 5.82 Å². The summed E-state index contributed by atoms with van der Waals surface area (Å²) in [5.74, 6) is -0.347. The fraction of sp³-hybridized carbons (Fsp3) is 0.533. The summed E-state index contributed by atoms with van der Waals surface area (Å²) in [6.45, 7) is 4.69. The van der Waals surface area contributed by atoms with E-state index in [1.165, 1.54) is 24.3 Å². The first kappa shape index (κ1) is 15.8. The number of rotatable bonds is 10. The van der Waals surface area contributed by atoms with Crippen LogP contribution in [0.2, 0.25) is 0 Å². The molecule has 1 aromatic rings. The van der Waals surface area contributed by atoms with E-state index in [1.54, 1.807) is 0 Å². The fourth-order valence-corrected chi connectivity index (χ4v) is 1.59. The van der Waals surface area contributed by atoms with Crippen molar-refractivity contribution in [3.63, 3.8) is 0 Å². The van der Waals surface area contributed by atoms with Gasteiger partial charge in [-0.15, -0.1) is 0 Å². The van der Waals surface area contributed by atoms with Crippen molar-refractivity contribution in [2.75, 3.05) is 26.3 Å². The molecule has 0 spiro atoms. The summed E-state index contributed by atoms with van der Waals surface area (Å²) in [6, 6.07) is 5.62. The lowest BCUT2D eigenvalue weighted by molar-refractivity contribution is 0.0986. The molecular formula is C15H22FNO2. The molecule has 0 fully saturated rings. The predicted octanol–water partition coefficient (Wildman–Crippen LogP) is 2.80. The number of ether oxygens (including phenoxy) is 1.